The Labute approximate surface area is 208 Å². The van der Waals surface area contributed by atoms with Crippen LogP contribution in [0.4, 0.5) is 14.5 Å². The van der Waals surface area contributed by atoms with E-state index in [-0.39, 0.29) is 5.56 Å². The Morgan fingerprint density at radius 3 is 2.38 bits per heavy atom. The molecule has 0 aliphatic carbocycles. The number of alkyl halides is 2. The summed E-state index contributed by atoms with van der Waals surface area (Å²) in [7, 11) is 1.69. The van der Waals surface area contributed by atoms with Gasteiger partial charge in [0, 0.05) is 64.0 Å². The summed E-state index contributed by atoms with van der Waals surface area (Å²) in [5, 5.41) is 6.31. The van der Waals surface area contributed by atoms with Crippen LogP contribution in [0.2, 0.25) is 5.02 Å². The Morgan fingerprint density at radius 1 is 1.00 bits per heavy atom. The molecule has 4 aromatic rings. The molecule has 0 bridgehead atoms. The van der Waals surface area contributed by atoms with Gasteiger partial charge in [-0.2, -0.15) is 0 Å². The molecule has 3 aromatic carbocycles. The fourth-order valence-corrected chi connectivity index (χ4v) is 5.53. The number of rotatable bonds is 5. The quantitative estimate of drug-likeness (QED) is 0.307. The molecule has 0 saturated carbocycles. The molecule has 1 aromatic heterocycles. The normalized spacial score (nSPS) is 13.9. The highest BCUT2D eigenvalue weighted by molar-refractivity contribution is 7.98. The molecule has 1 aliphatic rings. The van der Waals surface area contributed by atoms with E-state index >= 15 is 0 Å². The van der Waals surface area contributed by atoms with Crippen LogP contribution in [0.3, 0.4) is 0 Å². The van der Waals surface area contributed by atoms with Crippen LogP contribution in [0.1, 0.15) is 25.8 Å². The maximum atomic E-state index is 13.7. The Morgan fingerprint density at radius 2 is 1.71 bits per heavy atom. The van der Waals surface area contributed by atoms with Crippen LogP contribution in [-0.2, 0) is 0 Å². The summed E-state index contributed by atoms with van der Waals surface area (Å²) in [6.45, 7) is 7.55. The largest absolute Gasteiger partial charge is 0.494 e. The maximum absolute atomic E-state index is 13.7. The smallest absolute Gasteiger partial charge is 0.265 e. The number of ether oxygens (including phenoxy) is 1. The summed E-state index contributed by atoms with van der Waals surface area (Å²) in [5.41, 5.74) is 1.71. The number of nitrogens with one attached hydrogen (secondary N) is 1. The van der Waals surface area contributed by atoms with Crippen LogP contribution in [0.5, 0.6) is 5.75 Å². The topological polar surface area (TPSA) is 29.4 Å². The molecule has 0 spiro atoms. The van der Waals surface area contributed by atoms with Crippen LogP contribution in [0, 0.1) is 0 Å². The monoisotopic (exact) mass is 503 g/mol. The summed E-state index contributed by atoms with van der Waals surface area (Å²) in [5.74, 6) is 0.837. The first-order valence-electron chi connectivity index (χ1n) is 11.4. The zero-order valence-electron chi connectivity index (χ0n) is 19.4. The second-order valence-electron chi connectivity index (χ2n) is 7.67. The minimum atomic E-state index is -2.58. The number of benzene rings is 3. The lowest BCUT2D eigenvalue weighted by atomic mass is 10.1. The van der Waals surface area contributed by atoms with Crippen molar-refractivity contribution >= 4 is 50.9 Å². The van der Waals surface area contributed by atoms with Gasteiger partial charge in [-0.15, -0.1) is 0 Å². The second kappa shape index (κ2) is 10.8. The minimum absolute atomic E-state index is 0.0184. The van der Waals surface area contributed by atoms with Gasteiger partial charge in [-0.3, -0.25) is 3.97 Å². The van der Waals surface area contributed by atoms with Crippen LogP contribution in [0.25, 0.3) is 21.7 Å². The van der Waals surface area contributed by atoms with E-state index in [1.807, 2.05) is 42.1 Å². The number of methoxy groups -OCH3 is 1. The van der Waals surface area contributed by atoms with E-state index < -0.39 is 6.43 Å². The van der Waals surface area contributed by atoms with Crippen molar-refractivity contribution in [3.63, 3.8) is 0 Å². The molecule has 2 heterocycles. The number of piperazine rings is 1. The van der Waals surface area contributed by atoms with E-state index in [1.54, 1.807) is 25.3 Å². The van der Waals surface area contributed by atoms with Crippen molar-refractivity contribution in [2.75, 3.05) is 38.2 Å². The van der Waals surface area contributed by atoms with Crippen LogP contribution in [0.15, 0.2) is 59.6 Å². The molecule has 180 valence electrons. The Balaban J connectivity index is 0.00000133. The molecule has 5 rings (SSSR count). The van der Waals surface area contributed by atoms with Gasteiger partial charge in [-0.05, 0) is 36.2 Å². The summed E-state index contributed by atoms with van der Waals surface area (Å²) in [6.07, 6.45) is -1.07. The molecule has 0 amide bonds. The van der Waals surface area contributed by atoms with E-state index in [1.165, 1.54) is 18.1 Å². The highest BCUT2D eigenvalue weighted by atomic mass is 35.5. The average molecular weight is 504 g/mol. The van der Waals surface area contributed by atoms with Gasteiger partial charge < -0.3 is 15.0 Å². The number of halogens is 3. The van der Waals surface area contributed by atoms with Crippen molar-refractivity contribution in [3.05, 3.63) is 65.3 Å². The fourth-order valence-electron chi connectivity index (χ4n) is 4.28. The highest BCUT2D eigenvalue weighted by Gasteiger charge is 2.22. The summed E-state index contributed by atoms with van der Waals surface area (Å²) >= 11 is 7.53. The van der Waals surface area contributed by atoms with Gasteiger partial charge >= 0.3 is 0 Å². The first-order valence-corrected chi connectivity index (χ1v) is 12.5. The lowest BCUT2D eigenvalue weighted by Crippen LogP contribution is -2.43. The SMILES string of the molecule is CC.COc1c(N2CCNCC2)cc(Sn2cc(C(F)F)c3cc(Cl)ccc32)c2ccccc12. The molecule has 1 saturated heterocycles. The van der Waals surface area contributed by atoms with Gasteiger partial charge in [-0.1, -0.05) is 49.7 Å². The summed E-state index contributed by atoms with van der Waals surface area (Å²) < 4.78 is 35.1. The Kier molecular flexibility index (Phi) is 7.86. The number of hydrogen-bond acceptors (Lipinski definition) is 4. The molecular weight excluding hydrogens is 476 g/mol. The molecular formula is C26H28ClF2N3OS. The molecule has 0 radical (unpaired) electrons. The van der Waals surface area contributed by atoms with E-state index in [4.69, 9.17) is 16.3 Å². The highest BCUT2D eigenvalue weighted by Crippen LogP contribution is 2.44. The second-order valence-corrected chi connectivity index (χ2v) is 9.13. The van der Waals surface area contributed by atoms with E-state index in [0.717, 1.165) is 53.3 Å². The van der Waals surface area contributed by atoms with Crippen LogP contribution in [-0.4, -0.2) is 37.3 Å². The zero-order valence-corrected chi connectivity index (χ0v) is 21.0. The Bertz CT molecular complexity index is 1290. The van der Waals surface area contributed by atoms with Gasteiger partial charge in [0.05, 0.1) is 18.3 Å². The molecule has 34 heavy (non-hydrogen) atoms. The third-order valence-electron chi connectivity index (χ3n) is 5.79. The maximum Gasteiger partial charge on any atom is 0.265 e. The standard InChI is InChI=1S/C24H22ClF2N3OS.C2H6/c1-31-23-17-5-3-2-4-16(17)22(13-21(23)29-10-8-28-9-11-29)32-30-14-19(24(26)27)18-12-15(25)6-7-20(18)30;1-2/h2-7,12-14,24,28H,8-11H2,1H3;1-2H3. The molecule has 1 aliphatic heterocycles. The molecule has 1 N–H and O–H groups in total. The van der Waals surface area contributed by atoms with Gasteiger partial charge in [-0.25, -0.2) is 8.78 Å². The van der Waals surface area contributed by atoms with Crippen LogP contribution >= 0.6 is 23.5 Å². The third kappa shape index (κ3) is 4.69. The average Bonchev–Trinajstić information content (AvgIpc) is 3.23. The lowest BCUT2D eigenvalue weighted by Gasteiger charge is -2.31. The molecule has 4 nitrogen and oxygen atoms in total. The zero-order chi connectivity index (χ0) is 24.2. The predicted octanol–water partition coefficient (Wildman–Crippen LogP) is 7.39. The first-order chi connectivity index (χ1) is 16.6. The summed E-state index contributed by atoms with van der Waals surface area (Å²) in [4.78, 5) is 3.28. The van der Waals surface area contributed by atoms with Crippen molar-refractivity contribution in [3.8, 4) is 5.75 Å². The van der Waals surface area contributed by atoms with Crippen molar-refractivity contribution in [1.29, 1.82) is 0 Å². The number of aromatic nitrogens is 1. The van der Waals surface area contributed by atoms with Crippen LogP contribution < -0.4 is 15.0 Å². The number of anilines is 1. The van der Waals surface area contributed by atoms with Crippen molar-refractivity contribution < 1.29 is 13.5 Å². The van der Waals surface area contributed by atoms with Crippen molar-refractivity contribution in [1.82, 2.24) is 9.29 Å². The third-order valence-corrected chi connectivity index (χ3v) is 7.06. The van der Waals surface area contributed by atoms with Crippen molar-refractivity contribution in [2.24, 2.45) is 0 Å². The fraction of sp³-hybridized carbons (Fsp3) is 0.308. The number of fused-ring (bicyclic) bond motifs is 2. The van der Waals surface area contributed by atoms with Gasteiger partial charge in [0.25, 0.3) is 6.43 Å². The van der Waals surface area contributed by atoms with Gasteiger partial charge in [0.2, 0.25) is 0 Å². The summed E-state index contributed by atoms with van der Waals surface area (Å²) in [6, 6.07) is 15.3. The lowest BCUT2D eigenvalue weighted by molar-refractivity contribution is 0.153. The molecule has 0 atom stereocenters. The number of hydrogen-bond donors (Lipinski definition) is 1. The van der Waals surface area contributed by atoms with E-state index in [2.05, 4.69) is 16.3 Å². The van der Waals surface area contributed by atoms with E-state index in [9.17, 15) is 8.78 Å². The molecule has 0 unspecified atom stereocenters. The van der Waals surface area contributed by atoms with E-state index in [0.29, 0.717) is 15.9 Å². The molecule has 8 heteroatoms. The van der Waals surface area contributed by atoms with Crippen molar-refractivity contribution in [2.45, 2.75) is 25.2 Å². The minimum Gasteiger partial charge on any atom is -0.494 e. The first kappa shape index (κ1) is 24.6. The Hall–Kier alpha value is -2.48. The predicted molar refractivity (Wildman–Crippen MR) is 140 cm³/mol. The van der Waals surface area contributed by atoms with Gasteiger partial charge in [0.15, 0.2) is 0 Å². The number of nitrogens with zero attached hydrogens (tertiary/aromatic N) is 2. The molecule has 1 fully saturated rings. The van der Waals surface area contributed by atoms with Gasteiger partial charge in [0.1, 0.15) is 5.75 Å².